The molecule has 0 bridgehead atoms. The second-order valence-electron chi connectivity index (χ2n) is 8.72. The molecule has 0 spiro atoms. The number of benzene rings is 1. The van der Waals surface area contributed by atoms with Crippen molar-refractivity contribution in [3.05, 3.63) is 34.4 Å². The molecule has 1 N–H and O–H groups in total. The smallest absolute Gasteiger partial charge is 0.234 e. The van der Waals surface area contributed by atoms with Crippen LogP contribution in [0.3, 0.4) is 0 Å². The number of hydrogen-bond acceptors (Lipinski definition) is 3. The molecule has 5 nitrogen and oxygen atoms in total. The Labute approximate surface area is 164 Å². The zero-order valence-corrected chi connectivity index (χ0v) is 17.8. The number of rotatable bonds is 5. The van der Waals surface area contributed by atoms with E-state index < -0.39 is 0 Å². The lowest BCUT2D eigenvalue weighted by Gasteiger charge is -2.33. The van der Waals surface area contributed by atoms with Crippen molar-refractivity contribution < 1.29 is 9.59 Å². The summed E-state index contributed by atoms with van der Waals surface area (Å²) < 4.78 is 0. The molecule has 2 rings (SSSR count). The van der Waals surface area contributed by atoms with Crippen LogP contribution in [-0.4, -0.2) is 60.9 Å². The van der Waals surface area contributed by atoms with Crippen LogP contribution in [-0.2, 0) is 21.4 Å². The van der Waals surface area contributed by atoms with Crippen LogP contribution in [0.15, 0.2) is 12.1 Å². The molecule has 150 valence electrons. The van der Waals surface area contributed by atoms with Gasteiger partial charge in [0.1, 0.15) is 0 Å². The lowest BCUT2D eigenvalue weighted by Crippen LogP contribution is -2.50. The molecule has 1 aromatic rings. The third kappa shape index (κ3) is 6.06. The van der Waals surface area contributed by atoms with E-state index in [1.807, 2.05) is 4.90 Å². The van der Waals surface area contributed by atoms with E-state index in [0.717, 1.165) is 19.5 Å². The van der Waals surface area contributed by atoms with Gasteiger partial charge in [-0.25, -0.2) is 0 Å². The monoisotopic (exact) mass is 373 g/mol. The number of carbonyl (C=O) groups is 2. The van der Waals surface area contributed by atoms with E-state index in [1.54, 1.807) is 6.92 Å². The number of nitrogens with one attached hydrogen (secondary N) is 1. The van der Waals surface area contributed by atoms with Crippen molar-refractivity contribution in [3.63, 3.8) is 0 Å². The molecular formula is C22H35N3O2. The van der Waals surface area contributed by atoms with Crippen molar-refractivity contribution in [1.29, 1.82) is 0 Å². The highest BCUT2D eigenvalue weighted by Crippen LogP contribution is 2.27. The van der Waals surface area contributed by atoms with E-state index >= 15 is 0 Å². The number of aryl methyl sites for hydroxylation is 2. The first-order valence-corrected chi connectivity index (χ1v) is 9.93. The lowest BCUT2D eigenvalue weighted by atomic mass is 9.83. The summed E-state index contributed by atoms with van der Waals surface area (Å²) >= 11 is 0. The Bertz CT molecular complexity index is 660. The van der Waals surface area contributed by atoms with E-state index in [-0.39, 0.29) is 17.2 Å². The van der Waals surface area contributed by atoms with E-state index in [4.69, 9.17) is 0 Å². The van der Waals surface area contributed by atoms with Gasteiger partial charge in [-0.2, -0.15) is 0 Å². The van der Waals surface area contributed by atoms with Gasteiger partial charge in [-0.3, -0.25) is 14.5 Å². The molecule has 1 fully saturated rings. The van der Waals surface area contributed by atoms with Crippen LogP contribution in [0.5, 0.6) is 0 Å². The average Bonchev–Trinajstić information content (AvgIpc) is 2.56. The maximum atomic E-state index is 12.2. The zero-order chi connectivity index (χ0) is 20.2. The van der Waals surface area contributed by atoms with Crippen LogP contribution in [0.25, 0.3) is 0 Å². The van der Waals surface area contributed by atoms with E-state index in [0.29, 0.717) is 26.2 Å². The lowest BCUT2D eigenvalue weighted by molar-refractivity contribution is -0.131. The number of piperazine rings is 1. The highest BCUT2D eigenvalue weighted by molar-refractivity contribution is 5.78. The van der Waals surface area contributed by atoms with Gasteiger partial charge in [0.2, 0.25) is 11.8 Å². The van der Waals surface area contributed by atoms with E-state index in [2.05, 4.69) is 57.0 Å². The molecule has 0 aromatic heterocycles. The predicted molar refractivity (Wildman–Crippen MR) is 110 cm³/mol. The fourth-order valence-electron chi connectivity index (χ4n) is 3.63. The molecule has 2 amide bonds. The van der Waals surface area contributed by atoms with E-state index in [9.17, 15) is 9.59 Å². The fraction of sp³-hybridized carbons (Fsp3) is 0.636. The summed E-state index contributed by atoms with van der Waals surface area (Å²) in [7, 11) is 0. The van der Waals surface area contributed by atoms with Gasteiger partial charge in [-0.1, -0.05) is 32.9 Å². The molecule has 5 heteroatoms. The van der Waals surface area contributed by atoms with Gasteiger partial charge in [-0.05, 0) is 47.9 Å². The zero-order valence-electron chi connectivity index (χ0n) is 17.8. The minimum absolute atomic E-state index is 0.0629. The van der Waals surface area contributed by atoms with Crippen molar-refractivity contribution in [1.82, 2.24) is 15.1 Å². The SMILES string of the molecule is CC(=O)N1CCN(CC(=O)NCCc2c(C)cc(C(C)(C)C)cc2C)CC1. The van der Waals surface area contributed by atoms with Crippen LogP contribution in [0.4, 0.5) is 0 Å². The molecule has 1 aliphatic rings. The maximum absolute atomic E-state index is 12.2. The van der Waals surface area contributed by atoms with Crippen LogP contribution in [0.2, 0.25) is 0 Å². The summed E-state index contributed by atoms with van der Waals surface area (Å²) in [6, 6.07) is 4.55. The Balaban J connectivity index is 1.81. The van der Waals surface area contributed by atoms with Gasteiger partial charge in [-0.15, -0.1) is 0 Å². The highest BCUT2D eigenvalue weighted by atomic mass is 16.2. The van der Waals surface area contributed by atoms with Crippen molar-refractivity contribution in [3.8, 4) is 0 Å². The number of carbonyl (C=O) groups excluding carboxylic acids is 2. The largest absolute Gasteiger partial charge is 0.355 e. The van der Waals surface area contributed by atoms with Crippen molar-refractivity contribution in [2.45, 2.75) is 53.4 Å². The molecule has 0 saturated carbocycles. The minimum atomic E-state index is 0.0629. The molecule has 1 heterocycles. The number of hydrogen-bond donors (Lipinski definition) is 1. The third-order valence-electron chi connectivity index (χ3n) is 5.44. The van der Waals surface area contributed by atoms with Gasteiger partial charge in [0.25, 0.3) is 0 Å². The van der Waals surface area contributed by atoms with Crippen LogP contribution < -0.4 is 5.32 Å². The van der Waals surface area contributed by atoms with Crippen molar-refractivity contribution in [2.75, 3.05) is 39.3 Å². The predicted octanol–water partition coefficient (Wildman–Crippen LogP) is 2.42. The Kier molecular flexibility index (Phi) is 7.04. The number of nitrogens with zero attached hydrogens (tertiary/aromatic N) is 2. The minimum Gasteiger partial charge on any atom is -0.355 e. The Morgan fingerprint density at radius 3 is 2.07 bits per heavy atom. The Hall–Kier alpha value is -1.88. The summed E-state index contributed by atoms with van der Waals surface area (Å²) in [5.41, 5.74) is 5.44. The van der Waals surface area contributed by atoms with Gasteiger partial charge < -0.3 is 10.2 Å². The van der Waals surface area contributed by atoms with Crippen LogP contribution in [0, 0.1) is 13.8 Å². The second-order valence-corrected chi connectivity index (χ2v) is 8.72. The number of amides is 2. The summed E-state index contributed by atoms with van der Waals surface area (Å²) in [6.45, 7) is 16.6. The molecule has 0 unspecified atom stereocenters. The first-order chi connectivity index (χ1) is 12.6. The third-order valence-corrected chi connectivity index (χ3v) is 5.44. The van der Waals surface area contributed by atoms with Gasteiger partial charge in [0.15, 0.2) is 0 Å². The summed E-state index contributed by atoms with van der Waals surface area (Å²) in [6.07, 6.45) is 0.853. The van der Waals surface area contributed by atoms with Crippen LogP contribution >= 0.6 is 0 Å². The quantitative estimate of drug-likeness (QED) is 0.862. The standard InChI is InChI=1S/C22H35N3O2/c1-16-13-19(22(4,5)6)14-17(2)20(16)7-8-23-21(27)15-24-9-11-25(12-10-24)18(3)26/h13-14H,7-12,15H2,1-6H3,(H,23,27). The molecule has 27 heavy (non-hydrogen) atoms. The maximum Gasteiger partial charge on any atom is 0.234 e. The first-order valence-electron chi connectivity index (χ1n) is 9.93. The fourth-order valence-corrected chi connectivity index (χ4v) is 3.63. The topological polar surface area (TPSA) is 52.7 Å². The summed E-state index contributed by atoms with van der Waals surface area (Å²) in [5, 5.41) is 3.05. The van der Waals surface area contributed by atoms with Crippen LogP contribution in [0.1, 0.15) is 49.9 Å². The Morgan fingerprint density at radius 2 is 1.59 bits per heavy atom. The Morgan fingerprint density at radius 1 is 1.04 bits per heavy atom. The average molecular weight is 374 g/mol. The molecule has 0 atom stereocenters. The summed E-state index contributed by atoms with van der Waals surface area (Å²) in [5.74, 6) is 0.176. The van der Waals surface area contributed by atoms with Gasteiger partial charge in [0.05, 0.1) is 6.54 Å². The van der Waals surface area contributed by atoms with Crippen molar-refractivity contribution >= 4 is 11.8 Å². The molecule has 0 aliphatic carbocycles. The van der Waals surface area contributed by atoms with Crippen molar-refractivity contribution in [2.24, 2.45) is 0 Å². The highest BCUT2D eigenvalue weighted by Gasteiger charge is 2.20. The van der Waals surface area contributed by atoms with Gasteiger partial charge >= 0.3 is 0 Å². The molecule has 1 aliphatic heterocycles. The second kappa shape index (κ2) is 8.87. The molecule has 0 radical (unpaired) electrons. The molecule has 1 aromatic carbocycles. The summed E-state index contributed by atoms with van der Waals surface area (Å²) in [4.78, 5) is 27.6. The van der Waals surface area contributed by atoms with E-state index in [1.165, 1.54) is 22.3 Å². The first kappa shape index (κ1) is 21.4. The molecular weight excluding hydrogens is 338 g/mol. The molecule has 1 saturated heterocycles. The normalized spacial score (nSPS) is 15.7. The van der Waals surface area contributed by atoms with Gasteiger partial charge in [0, 0.05) is 39.6 Å².